The van der Waals surface area contributed by atoms with Crippen molar-refractivity contribution in [3.63, 3.8) is 0 Å². The lowest BCUT2D eigenvalue weighted by molar-refractivity contribution is 0.217. The second-order valence-electron chi connectivity index (χ2n) is 4.24. The fourth-order valence-electron chi connectivity index (χ4n) is 1.55. The Bertz CT molecular complexity index is 415. The normalized spacial score (nSPS) is 11.8. The molecule has 2 heteroatoms. The quantitative estimate of drug-likeness (QED) is 0.634. The van der Waals surface area contributed by atoms with E-state index in [1.54, 1.807) is 0 Å². The van der Waals surface area contributed by atoms with Crippen LogP contribution < -0.4 is 0 Å². The second-order valence-corrected chi connectivity index (χ2v) is 4.68. The molecule has 0 aromatic heterocycles. The van der Waals surface area contributed by atoms with Gasteiger partial charge in [-0.2, -0.15) is 0 Å². The lowest BCUT2D eigenvalue weighted by atomic mass is 10.1. The SMILES string of the molecule is CCCCCC(O)C#Cc1cc(Cl)ccc1C. The third-order valence-electron chi connectivity index (χ3n) is 2.65. The largest absolute Gasteiger partial charge is 0.380 e. The standard InChI is InChI=1S/C15H19ClO/c1-3-4-5-6-15(17)10-8-13-11-14(16)9-7-12(13)2/h7,9,11,15,17H,3-6H2,1-2H3. The van der Waals surface area contributed by atoms with Crippen molar-refractivity contribution in [2.24, 2.45) is 0 Å². The number of aryl methyl sites for hydroxylation is 1. The summed E-state index contributed by atoms with van der Waals surface area (Å²) in [5.74, 6) is 5.87. The molecule has 0 aliphatic heterocycles. The summed E-state index contributed by atoms with van der Waals surface area (Å²) < 4.78 is 0. The van der Waals surface area contributed by atoms with Crippen molar-refractivity contribution in [2.45, 2.75) is 45.6 Å². The van der Waals surface area contributed by atoms with Crippen molar-refractivity contribution in [1.82, 2.24) is 0 Å². The molecular formula is C15H19ClO. The molecule has 1 aromatic rings. The summed E-state index contributed by atoms with van der Waals surface area (Å²) in [5.41, 5.74) is 1.98. The Morgan fingerprint density at radius 1 is 1.35 bits per heavy atom. The first-order valence-electron chi connectivity index (χ1n) is 6.09. The molecule has 0 aliphatic carbocycles. The first-order valence-corrected chi connectivity index (χ1v) is 6.47. The Labute approximate surface area is 109 Å². The lowest BCUT2D eigenvalue weighted by Crippen LogP contribution is -2.02. The third kappa shape index (κ3) is 5.26. The molecule has 0 spiro atoms. The highest BCUT2D eigenvalue weighted by Gasteiger charge is 1.99. The fourth-order valence-corrected chi connectivity index (χ4v) is 1.72. The molecule has 0 saturated heterocycles. The van der Waals surface area contributed by atoms with Crippen LogP contribution >= 0.6 is 11.6 Å². The van der Waals surface area contributed by atoms with Crippen molar-refractivity contribution in [2.75, 3.05) is 0 Å². The van der Waals surface area contributed by atoms with Crippen molar-refractivity contribution < 1.29 is 5.11 Å². The van der Waals surface area contributed by atoms with Gasteiger partial charge in [0, 0.05) is 10.6 Å². The third-order valence-corrected chi connectivity index (χ3v) is 2.89. The number of hydrogen-bond acceptors (Lipinski definition) is 1. The highest BCUT2D eigenvalue weighted by atomic mass is 35.5. The van der Waals surface area contributed by atoms with Crippen LogP contribution in [0.15, 0.2) is 18.2 Å². The van der Waals surface area contributed by atoms with Crippen LogP contribution in [0, 0.1) is 18.8 Å². The minimum Gasteiger partial charge on any atom is -0.380 e. The summed E-state index contributed by atoms with van der Waals surface area (Å²) in [4.78, 5) is 0. The summed E-state index contributed by atoms with van der Waals surface area (Å²) in [6.45, 7) is 4.14. The number of aliphatic hydroxyl groups is 1. The van der Waals surface area contributed by atoms with Gasteiger partial charge in [-0.3, -0.25) is 0 Å². The van der Waals surface area contributed by atoms with E-state index in [0.717, 1.165) is 36.8 Å². The molecule has 92 valence electrons. The molecule has 1 nitrogen and oxygen atoms in total. The minimum atomic E-state index is -0.528. The smallest absolute Gasteiger partial charge is 0.115 e. The number of unbranched alkanes of at least 4 members (excludes halogenated alkanes) is 2. The second kappa shape index (κ2) is 7.37. The van der Waals surface area contributed by atoms with E-state index >= 15 is 0 Å². The average Bonchev–Trinajstić information content (AvgIpc) is 2.31. The van der Waals surface area contributed by atoms with Gasteiger partial charge < -0.3 is 5.11 Å². The fraction of sp³-hybridized carbons (Fsp3) is 0.467. The summed E-state index contributed by atoms with van der Waals surface area (Å²) in [6.07, 6.45) is 3.56. The van der Waals surface area contributed by atoms with Gasteiger partial charge in [-0.1, -0.05) is 49.3 Å². The molecule has 0 radical (unpaired) electrons. The average molecular weight is 251 g/mol. The molecule has 0 saturated carbocycles. The molecule has 1 rings (SSSR count). The van der Waals surface area contributed by atoms with Gasteiger partial charge in [-0.15, -0.1) is 0 Å². The Morgan fingerprint density at radius 3 is 2.82 bits per heavy atom. The van der Waals surface area contributed by atoms with Crippen molar-refractivity contribution in [1.29, 1.82) is 0 Å². The van der Waals surface area contributed by atoms with E-state index in [4.69, 9.17) is 11.6 Å². The van der Waals surface area contributed by atoms with Gasteiger partial charge in [-0.05, 0) is 37.5 Å². The summed E-state index contributed by atoms with van der Waals surface area (Å²) >= 11 is 5.90. The molecule has 0 fully saturated rings. The molecule has 1 unspecified atom stereocenters. The Balaban J connectivity index is 2.61. The zero-order valence-corrected chi connectivity index (χ0v) is 11.2. The van der Waals surface area contributed by atoms with Crippen molar-refractivity contribution >= 4 is 11.6 Å². The zero-order chi connectivity index (χ0) is 12.7. The van der Waals surface area contributed by atoms with Gasteiger partial charge in [0.15, 0.2) is 0 Å². The van der Waals surface area contributed by atoms with E-state index in [1.807, 2.05) is 25.1 Å². The highest BCUT2D eigenvalue weighted by Crippen LogP contribution is 2.14. The molecular weight excluding hydrogens is 232 g/mol. The number of hydrogen-bond donors (Lipinski definition) is 1. The van der Waals surface area contributed by atoms with E-state index in [1.165, 1.54) is 0 Å². The summed E-state index contributed by atoms with van der Waals surface area (Å²) in [6, 6.07) is 5.62. The predicted octanol–water partition coefficient (Wildman–Crippen LogP) is 3.94. The topological polar surface area (TPSA) is 20.2 Å². The number of aliphatic hydroxyl groups excluding tert-OH is 1. The zero-order valence-electron chi connectivity index (χ0n) is 10.5. The van der Waals surface area contributed by atoms with Gasteiger partial charge in [0.2, 0.25) is 0 Å². The molecule has 1 atom stereocenters. The van der Waals surface area contributed by atoms with E-state index in [2.05, 4.69) is 18.8 Å². The van der Waals surface area contributed by atoms with Gasteiger partial charge in [0.25, 0.3) is 0 Å². The Hall–Kier alpha value is -0.970. The summed E-state index contributed by atoms with van der Waals surface area (Å²) in [7, 11) is 0. The molecule has 0 aliphatic rings. The van der Waals surface area contributed by atoms with E-state index in [9.17, 15) is 5.11 Å². The Kier molecular flexibility index (Phi) is 6.11. The molecule has 17 heavy (non-hydrogen) atoms. The number of halogens is 1. The van der Waals surface area contributed by atoms with Gasteiger partial charge >= 0.3 is 0 Å². The van der Waals surface area contributed by atoms with Crippen LogP contribution in [0.3, 0.4) is 0 Å². The van der Waals surface area contributed by atoms with Gasteiger partial charge in [0.05, 0.1) is 0 Å². The Morgan fingerprint density at radius 2 is 2.12 bits per heavy atom. The van der Waals surface area contributed by atoms with E-state index in [-0.39, 0.29) is 0 Å². The monoisotopic (exact) mass is 250 g/mol. The van der Waals surface area contributed by atoms with E-state index < -0.39 is 6.10 Å². The van der Waals surface area contributed by atoms with Crippen LogP contribution in [0.2, 0.25) is 5.02 Å². The molecule has 1 aromatic carbocycles. The first kappa shape index (κ1) is 14.1. The van der Waals surface area contributed by atoms with Crippen LogP contribution in [0.5, 0.6) is 0 Å². The van der Waals surface area contributed by atoms with Crippen LogP contribution in [-0.4, -0.2) is 11.2 Å². The van der Waals surface area contributed by atoms with Crippen LogP contribution in [0.4, 0.5) is 0 Å². The van der Waals surface area contributed by atoms with Crippen molar-refractivity contribution in [3.05, 3.63) is 34.3 Å². The molecule has 0 heterocycles. The van der Waals surface area contributed by atoms with Crippen LogP contribution in [0.25, 0.3) is 0 Å². The lowest BCUT2D eigenvalue weighted by Gasteiger charge is -2.02. The highest BCUT2D eigenvalue weighted by molar-refractivity contribution is 6.30. The maximum atomic E-state index is 9.69. The maximum absolute atomic E-state index is 9.69. The van der Waals surface area contributed by atoms with Crippen LogP contribution in [0.1, 0.15) is 43.7 Å². The van der Waals surface area contributed by atoms with Gasteiger partial charge in [0.1, 0.15) is 6.10 Å². The first-order chi connectivity index (χ1) is 8.13. The molecule has 1 N–H and O–H groups in total. The number of rotatable bonds is 4. The van der Waals surface area contributed by atoms with Gasteiger partial charge in [-0.25, -0.2) is 0 Å². The number of benzene rings is 1. The van der Waals surface area contributed by atoms with Crippen LogP contribution in [-0.2, 0) is 0 Å². The van der Waals surface area contributed by atoms with E-state index in [0.29, 0.717) is 5.02 Å². The maximum Gasteiger partial charge on any atom is 0.115 e. The predicted molar refractivity (Wildman–Crippen MR) is 73.2 cm³/mol. The molecule has 0 bridgehead atoms. The molecule has 0 amide bonds. The minimum absolute atomic E-state index is 0.528. The summed E-state index contributed by atoms with van der Waals surface area (Å²) in [5, 5.41) is 10.4. The van der Waals surface area contributed by atoms with Crippen molar-refractivity contribution in [3.8, 4) is 11.8 Å².